The Labute approximate surface area is 374 Å². The summed E-state index contributed by atoms with van der Waals surface area (Å²) in [6.07, 6.45) is 65.1. The van der Waals surface area contributed by atoms with Crippen molar-refractivity contribution in [3.63, 3.8) is 0 Å². The Bertz CT molecular complexity index is 931. The number of allylic oxidation sites excluding steroid dienone is 5. The van der Waals surface area contributed by atoms with Crippen molar-refractivity contribution in [2.45, 2.75) is 302 Å². The number of aliphatic hydroxyl groups is 3. The number of unbranched alkanes of at least 4 members (excludes halogenated alkanes) is 37. The van der Waals surface area contributed by atoms with E-state index in [-0.39, 0.29) is 6.61 Å². The first-order chi connectivity index (χ1) is 29.6. The van der Waals surface area contributed by atoms with Gasteiger partial charge in [-0.1, -0.05) is 262 Å². The van der Waals surface area contributed by atoms with Crippen LogP contribution >= 0.6 is 0 Å². The maximum atomic E-state index is 12.5. The number of nitrogens with one attached hydrogen (secondary N) is 1. The molecule has 0 spiro atoms. The highest BCUT2D eigenvalue weighted by Gasteiger charge is 2.22. The number of hydrogen-bond acceptors (Lipinski definition) is 4. The lowest BCUT2D eigenvalue weighted by Gasteiger charge is -2.21. The van der Waals surface area contributed by atoms with E-state index in [1.807, 2.05) is 6.08 Å². The van der Waals surface area contributed by atoms with Crippen molar-refractivity contribution < 1.29 is 20.1 Å². The molecule has 5 nitrogen and oxygen atoms in total. The Kier molecular flexibility index (Phi) is 49.0. The molecule has 0 fully saturated rings. The molecule has 3 unspecified atom stereocenters. The summed E-state index contributed by atoms with van der Waals surface area (Å²) in [5, 5.41) is 33.2. The second kappa shape index (κ2) is 50.2. The minimum absolute atomic E-state index is 0.375. The number of rotatable bonds is 49. The minimum atomic E-state index is -1.10. The van der Waals surface area contributed by atoms with Crippen LogP contribution in [0, 0.1) is 0 Å². The first-order valence-electron chi connectivity index (χ1n) is 26.8. The fourth-order valence-corrected chi connectivity index (χ4v) is 8.26. The number of hydrogen-bond donors (Lipinski definition) is 4. The van der Waals surface area contributed by atoms with Crippen LogP contribution in [0.15, 0.2) is 36.5 Å². The SMILES string of the molecule is CCCCCCCCCC/C=C/CC/C=C/C(O)C(CO)NC(=O)C(O)CCCCCCCCCCCCCCCCCC/C=C\CCCCCCCCCCCCCC. The van der Waals surface area contributed by atoms with Crippen molar-refractivity contribution in [2.75, 3.05) is 6.61 Å². The maximum absolute atomic E-state index is 12.5. The molecule has 4 N–H and O–H groups in total. The maximum Gasteiger partial charge on any atom is 0.249 e. The summed E-state index contributed by atoms with van der Waals surface area (Å²) >= 11 is 0. The zero-order chi connectivity index (χ0) is 43.7. The summed E-state index contributed by atoms with van der Waals surface area (Å²) in [4.78, 5) is 12.5. The van der Waals surface area contributed by atoms with Crippen LogP contribution in [0.5, 0.6) is 0 Å². The second-order valence-electron chi connectivity index (χ2n) is 18.4. The Balaban J connectivity index is 3.53. The van der Waals surface area contributed by atoms with Gasteiger partial charge >= 0.3 is 0 Å². The molecule has 0 radical (unpaired) electrons. The second-order valence-corrected chi connectivity index (χ2v) is 18.4. The molecule has 60 heavy (non-hydrogen) atoms. The Hall–Kier alpha value is -1.43. The molecule has 1 amide bonds. The van der Waals surface area contributed by atoms with Crippen molar-refractivity contribution in [1.29, 1.82) is 0 Å². The molecular formula is C55H105NO4. The lowest BCUT2D eigenvalue weighted by molar-refractivity contribution is -0.131. The van der Waals surface area contributed by atoms with E-state index in [0.29, 0.717) is 6.42 Å². The normalized spacial score (nSPS) is 13.6. The molecule has 0 aliphatic heterocycles. The molecule has 0 rings (SSSR count). The molecule has 0 saturated carbocycles. The van der Waals surface area contributed by atoms with E-state index in [9.17, 15) is 20.1 Å². The zero-order valence-electron chi connectivity index (χ0n) is 40.4. The van der Waals surface area contributed by atoms with E-state index in [1.54, 1.807) is 6.08 Å². The summed E-state index contributed by atoms with van der Waals surface area (Å²) in [5.41, 5.74) is 0. The Morgan fingerprint density at radius 3 is 1.02 bits per heavy atom. The largest absolute Gasteiger partial charge is 0.394 e. The van der Waals surface area contributed by atoms with E-state index in [4.69, 9.17) is 0 Å². The van der Waals surface area contributed by atoms with Crippen LogP contribution in [0.25, 0.3) is 0 Å². The van der Waals surface area contributed by atoms with Crippen LogP contribution in [-0.4, -0.2) is 46.1 Å². The van der Waals surface area contributed by atoms with Crippen LogP contribution in [0.3, 0.4) is 0 Å². The first-order valence-corrected chi connectivity index (χ1v) is 26.8. The average molecular weight is 844 g/mol. The van der Waals surface area contributed by atoms with Gasteiger partial charge in [0.25, 0.3) is 0 Å². The predicted molar refractivity (Wildman–Crippen MR) is 264 cm³/mol. The third kappa shape index (κ3) is 44.6. The third-order valence-electron chi connectivity index (χ3n) is 12.5. The van der Waals surface area contributed by atoms with Gasteiger partial charge in [-0.15, -0.1) is 0 Å². The topological polar surface area (TPSA) is 89.8 Å². The smallest absolute Gasteiger partial charge is 0.249 e. The van der Waals surface area contributed by atoms with Crippen LogP contribution in [0.1, 0.15) is 284 Å². The predicted octanol–water partition coefficient (Wildman–Crippen LogP) is 16.3. The molecule has 0 aliphatic rings. The van der Waals surface area contributed by atoms with Gasteiger partial charge in [0.15, 0.2) is 0 Å². The van der Waals surface area contributed by atoms with Crippen LogP contribution in [0.4, 0.5) is 0 Å². The highest BCUT2D eigenvalue weighted by atomic mass is 16.3. The van der Waals surface area contributed by atoms with E-state index in [2.05, 4.69) is 43.5 Å². The average Bonchev–Trinajstić information content (AvgIpc) is 3.25. The number of carbonyl (C=O) groups excluding carboxylic acids is 1. The summed E-state index contributed by atoms with van der Waals surface area (Å²) in [5.74, 6) is -0.510. The van der Waals surface area contributed by atoms with Gasteiger partial charge in [-0.05, 0) is 57.8 Å². The summed E-state index contributed by atoms with van der Waals surface area (Å²) in [6, 6.07) is -0.813. The molecule has 0 heterocycles. The fourth-order valence-electron chi connectivity index (χ4n) is 8.26. The van der Waals surface area contributed by atoms with E-state index < -0.39 is 24.2 Å². The van der Waals surface area contributed by atoms with Crippen molar-refractivity contribution in [2.24, 2.45) is 0 Å². The summed E-state index contributed by atoms with van der Waals surface area (Å²) < 4.78 is 0. The monoisotopic (exact) mass is 844 g/mol. The van der Waals surface area contributed by atoms with E-state index in [0.717, 1.165) is 38.5 Å². The van der Waals surface area contributed by atoms with Gasteiger partial charge in [-0.2, -0.15) is 0 Å². The fraction of sp³-hybridized carbons (Fsp3) is 0.873. The Morgan fingerprint density at radius 1 is 0.400 bits per heavy atom. The van der Waals surface area contributed by atoms with Crippen molar-refractivity contribution in [1.82, 2.24) is 5.32 Å². The molecule has 0 aromatic carbocycles. The van der Waals surface area contributed by atoms with E-state index >= 15 is 0 Å². The molecule has 3 atom stereocenters. The summed E-state index contributed by atoms with van der Waals surface area (Å²) in [6.45, 7) is 4.18. The molecular weight excluding hydrogens is 739 g/mol. The number of aliphatic hydroxyl groups excluding tert-OH is 3. The standard InChI is InChI=1S/C55H105NO4/c1-3-5-7-9-11-13-15-17-19-20-21-22-23-24-25-26-27-28-29-30-31-32-33-34-35-36-38-40-42-44-46-48-50-54(59)55(60)56-52(51-57)53(58)49-47-45-43-41-39-37-18-16-14-12-10-8-6-4-2/h24-25,39,41,47,49,52-54,57-59H,3-23,26-38,40,42-46,48,50-51H2,1-2H3,(H,56,60)/b25-24-,41-39+,49-47+. The van der Waals surface area contributed by atoms with Crippen LogP contribution < -0.4 is 5.32 Å². The molecule has 5 heteroatoms. The third-order valence-corrected chi connectivity index (χ3v) is 12.5. The van der Waals surface area contributed by atoms with E-state index in [1.165, 1.54) is 225 Å². The lowest BCUT2D eigenvalue weighted by Crippen LogP contribution is -2.48. The first kappa shape index (κ1) is 58.6. The van der Waals surface area contributed by atoms with Gasteiger partial charge in [0.1, 0.15) is 6.10 Å². The zero-order valence-corrected chi connectivity index (χ0v) is 40.4. The van der Waals surface area contributed by atoms with Crippen LogP contribution in [0.2, 0.25) is 0 Å². The molecule has 354 valence electrons. The van der Waals surface area contributed by atoms with Gasteiger partial charge in [0, 0.05) is 0 Å². The molecule has 0 aromatic heterocycles. The van der Waals surface area contributed by atoms with Crippen molar-refractivity contribution >= 4 is 5.91 Å². The van der Waals surface area contributed by atoms with Gasteiger partial charge in [-0.25, -0.2) is 0 Å². The van der Waals surface area contributed by atoms with Gasteiger partial charge in [0.2, 0.25) is 5.91 Å². The van der Waals surface area contributed by atoms with Gasteiger partial charge < -0.3 is 20.6 Å². The highest BCUT2D eigenvalue weighted by molar-refractivity contribution is 5.80. The minimum Gasteiger partial charge on any atom is -0.394 e. The van der Waals surface area contributed by atoms with Crippen LogP contribution in [-0.2, 0) is 4.79 Å². The van der Waals surface area contributed by atoms with Crippen molar-refractivity contribution in [3.8, 4) is 0 Å². The van der Waals surface area contributed by atoms with Gasteiger partial charge in [-0.3, -0.25) is 4.79 Å². The highest BCUT2D eigenvalue weighted by Crippen LogP contribution is 2.17. The van der Waals surface area contributed by atoms with Crippen molar-refractivity contribution in [3.05, 3.63) is 36.5 Å². The molecule has 0 aliphatic carbocycles. The molecule has 0 saturated heterocycles. The number of amides is 1. The summed E-state index contributed by atoms with van der Waals surface area (Å²) in [7, 11) is 0. The number of carbonyl (C=O) groups is 1. The molecule has 0 aromatic rings. The lowest BCUT2D eigenvalue weighted by atomic mass is 10.0. The Morgan fingerprint density at radius 2 is 0.683 bits per heavy atom. The molecule has 0 bridgehead atoms. The quantitative estimate of drug-likeness (QED) is 0.0363. The van der Waals surface area contributed by atoms with Gasteiger partial charge in [0.05, 0.1) is 18.8 Å².